The van der Waals surface area contributed by atoms with Crippen molar-refractivity contribution in [2.45, 2.75) is 12.5 Å². The highest BCUT2D eigenvalue weighted by Gasteiger charge is 2.30. The number of carboxylic acids is 1. The molecule has 1 saturated heterocycles. The maximum atomic E-state index is 13.7. The van der Waals surface area contributed by atoms with Crippen molar-refractivity contribution in [2.75, 3.05) is 42.6 Å². The quantitative estimate of drug-likeness (QED) is 0.358. The number of rotatable bonds is 10. The fraction of sp³-hybridized carbons (Fsp3) is 0.286. The second-order valence-corrected chi connectivity index (χ2v) is 12.3. The van der Waals surface area contributed by atoms with E-state index in [0.29, 0.717) is 36.0 Å². The SMILES string of the molecule is O=C(O)C[C@H](NC(=O)c1ccc(-n2ccccc2=O)cc1)C(=O)N(CCN1CCS(=O)(=O)CC1)c1ccc(Cl)cc1. The molecule has 0 unspecified atom stereocenters. The summed E-state index contributed by atoms with van der Waals surface area (Å²) in [6, 6.07) is 15.8. The molecule has 2 heterocycles. The largest absolute Gasteiger partial charge is 0.481 e. The van der Waals surface area contributed by atoms with Crippen molar-refractivity contribution in [3.8, 4) is 5.69 Å². The number of aliphatic carboxylic acids is 1. The Balaban J connectivity index is 1.53. The van der Waals surface area contributed by atoms with E-state index < -0.39 is 40.1 Å². The number of nitrogens with zero attached hydrogens (tertiary/aromatic N) is 3. The standard InChI is InChI=1S/C28H29ClN4O7S/c29-21-6-10-23(11-7-21)33(14-13-31-15-17-41(39,40)18-16-31)28(38)24(19-26(35)36)30-27(37)20-4-8-22(9-5-20)32-12-2-1-3-25(32)34/h1-12,24H,13-19H2,(H,30,37)(H,35,36)/t24-/m0/s1. The number of pyridine rings is 1. The van der Waals surface area contributed by atoms with Crippen LogP contribution in [0.25, 0.3) is 5.69 Å². The molecule has 0 saturated carbocycles. The summed E-state index contributed by atoms with van der Waals surface area (Å²) in [5.41, 5.74) is 0.912. The van der Waals surface area contributed by atoms with Gasteiger partial charge in [-0.25, -0.2) is 8.42 Å². The molecule has 216 valence electrons. The van der Waals surface area contributed by atoms with Crippen LogP contribution in [0.3, 0.4) is 0 Å². The highest BCUT2D eigenvalue weighted by molar-refractivity contribution is 7.91. The van der Waals surface area contributed by atoms with Crippen molar-refractivity contribution in [1.82, 2.24) is 14.8 Å². The van der Waals surface area contributed by atoms with E-state index in [1.165, 1.54) is 27.7 Å². The van der Waals surface area contributed by atoms with Crippen LogP contribution >= 0.6 is 11.6 Å². The Bertz CT molecular complexity index is 1560. The van der Waals surface area contributed by atoms with Gasteiger partial charge in [-0.15, -0.1) is 0 Å². The Morgan fingerprint density at radius 1 is 0.976 bits per heavy atom. The summed E-state index contributed by atoms with van der Waals surface area (Å²) in [6.07, 6.45) is 0.932. The number of hydrogen-bond acceptors (Lipinski definition) is 7. The van der Waals surface area contributed by atoms with Gasteiger partial charge in [0.15, 0.2) is 9.84 Å². The van der Waals surface area contributed by atoms with Crippen molar-refractivity contribution in [3.63, 3.8) is 0 Å². The van der Waals surface area contributed by atoms with Crippen LogP contribution in [0.15, 0.2) is 77.7 Å². The van der Waals surface area contributed by atoms with Gasteiger partial charge < -0.3 is 15.3 Å². The van der Waals surface area contributed by atoms with Crippen molar-refractivity contribution >= 4 is 44.9 Å². The molecule has 2 N–H and O–H groups in total. The molecule has 11 nitrogen and oxygen atoms in total. The average molecular weight is 601 g/mol. The summed E-state index contributed by atoms with van der Waals surface area (Å²) in [6.45, 7) is 1.13. The fourth-order valence-electron chi connectivity index (χ4n) is 4.42. The molecule has 4 rings (SSSR count). The molecule has 0 radical (unpaired) electrons. The molecule has 2 aromatic carbocycles. The van der Waals surface area contributed by atoms with Crippen LogP contribution in [0.4, 0.5) is 5.69 Å². The van der Waals surface area contributed by atoms with E-state index in [1.807, 2.05) is 4.90 Å². The summed E-state index contributed by atoms with van der Waals surface area (Å²) in [5, 5.41) is 12.5. The van der Waals surface area contributed by atoms with Crippen LogP contribution in [0.1, 0.15) is 16.8 Å². The number of carbonyl (C=O) groups excluding carboxylic acids is 2. The molecule has 13 heteroatoms. The van der Waals surface area contributed by atoms with Crippen molar-refractivity contribution in [2.24, 2.45) is 0 Å². The first-order valence-corrected chi connectivity index (χ1v) is 15.0. The number of carboxylic acid groups (broad SMARTS) is 1. The van der Waals surface area contributed by atoms with E-state index in [-0.39, 0.29) is 29.2 Å². The van der Waals surface area contributed by atoms with Gasteiger partial charge in [0.1, 0.15) is 6.04 Å². The lowest BCUT2D eigenvalue weighted by Crippen LogP contribution is -2.52. The molecule has 0 spiro atoms. The number of nitrogens with one attached hydrogen (secondary N) is 1. The van der Waals surface area contributed by atoms with Gasteiger partial charge in [0, 0.05) is 60.4 Å². The van der Waals surface area contributed by atoms with Gasteiger partial charge in [-0.3, -0.25) is 28.6 Å². The molecule has 1 aliphatic rings. The summed E-state index contributed by atoms with van der Waals surface area (Å²) in [5.74, 6) is -2.53. The summed E-state index contributed by atoms with van der Waals surface area (Å²) >= 11 is 6.03. The van der Waals surface area contributed by atoms with Crippen molar-refractivity contribution in [1.29, 1.82) is 0 Å². The number of anilines is 1. The van der Waals surface area contributed by atoms with Crippen LogP contribution < -0.4 is 15.8 Å². The molecule has 1 aliphatic heterocycles. The summed E-state index contributed by atoms with van der Waals surface area (Å²) in [7, 11) is -3.08. The first-order chi connectivity index (χ1) is 19.5. The van der Waals surface area contributed by atoms with E-state index in [2.05, 4.69) is 5.32 Å². The second-order valence-electron chi connectivity index (χ2n) is 9.54. The van der Waals surface area contributed by atoms with Crippen molar-refractivity contribution < 1.29 is 27.9 Å². The second kappa shape index (κ2) is 13.1. The number of sulfone groups is 1. The lowest BCUT2D eigenvalue weighted by atomic mass is 10.1. The minimum atomic E-state index is -3.08. The lowest BCUT2D eigenvalue weighted by molar-refractivity contribution is -0.139. The van der Waals surface area contributed by atoms with Crippen LogP contribution in [0.2, 0.25) is 5.02 Å². The third-order valence-corrected chi connectivity index (χ3v) is 8.55. The Labute approximate surface area is 241 Å². The Morgan fingerprint density at radius 2 is 1.63 bits per heavy atom. The zero-order valence-corrected chi connectivity index (χ0v) is 23.6. The Morgan fingerprint density at radius 3 is 2.24 bits per heavy atom. The number of carbonyl (C=O) groups is 3. The molecule has 1 fully saturated rings. The lowest BCUT2D eigenvalue weighted by Gasteiger charge is -2.32. The Kier molecular flexibility index (Phi) is 9.58. The molecular formula is C28H29ClN4O7S. The van der Waals surface area contributed by atoms with E-state index in [0.717, 1.165) is 0 Å². The van der Waals surface area contributed by atoms with Crippen LogP contribution in [0.5, 0.6) is 0 Å². The van der Waals surface area contributed by atoms with Gasteiger partial charge in [-0.05, 0) is 54.6 Å². The smallest absolute Gasteiger partial charge is 0.305 e. The van der Waals surface area contributed by atoms with E-state index in [1.54, 1.807) is 54.7 Å². The molecule has 0 bridgehead atoms. The fourth-order valence-corrected chi connectivity index (χ4v) is 5.82. The van der Waals surface area contributed by atoms with E-state index >= 15 is 0 Å². The zero-order chi connectivity index (χ0) is 29.6. The zero-order valence-electron chi connectivity index (χ0n) is 22.0. The van der Waals surface area contributed by atoms with Crippen LogP contribution in [-0.4, -0.2) is 84.5 Å². The number of aromatic nitrogens is 1. The van der Waals surface area contributed by atoms with Gasteiger partial charge in [0.2, 0.25) is 5.91 Å². The number of halogens is 1. The number of hydrogen-bond donors (Lipinski definition) is 2. The van der Waals surface area contributed by atoms with E-state index in [4.69, 9.17) is 11.6 Å². The van der Waals surface area contributed by atoms with E-state index in [9.17, 15) is 32.7 Å². The number of amides is 2. The third kappa shape index (κ3) is 8.03. The molecule has 0 aliphatic carbocycles. The van der Waals surface area contributed by atoms with Gasteiger partial charge >= 0.3 is 5.97 Å². The number of benzene rings is 2. The van der Waals surface area contributed by atoms with Crippen molar-refractivity contribution in [3.05, 3.63) is 93.9 Å². The molecule has 1 atom stereocenters. The minimum Gasteiger partial charge on any atom is -0.481 e. The van der Waals surface area contributed by atoms with Gasteiger partial charge in [-0.2, -0.15) is 0 Å². The summed E-state index contributed by atoms with van der Waals surface area (Å²) in [4.78, 5) is 53.9. The topological polar surface area (TPSA) is 146 Å². The monoisotopic (exact) mass is 600 g/mol. The molecule has 41 heavy (non-hydrogen) atoms. The average Bonchev–Trinajstić information content (AvgIpc) is 2.94. The normalized spacial score (nSPS) is 15.5. The van der Waals surface area contributed by atoms with Gasteiger partial charge in [0.05, 0.1) is 17.9 Å². The predicted molar refractivity (Wildman–Crippen MR) is 154 cm³/mol. The maximum Gasteiger partial charge on any atom is 0.305 e. The first-order valence-electron chi connectivity index (χ1n) is 12.8. The first kappa shape index (κ1) is 30.0. The predicted octanol–water partition coefficient (Wildman–Crippen LogP) is 1.83. The highest BCUT2D eigenvalue weighted by atomic mass is 35.5. The highest BCUT2D eigenvalue weighted by Crippen LogP contribution is 2.20. The minimum absolute atomic E-state index is 0.0251. The molecule has 2 amide bonds. The molecule has 3 aromatic rings. The van der Waals surface area contributed by atoms with Crippen LogP contribution in [0, 0.1) is 0 Å². The Hall–Kier alpha value is -4.00. The van der Waals surface area contributed by atoms with Gasteiger partial charge in [-0.1, -0.05) is 17.7 Å². The maximum absolute atomic E-state index is 13.7. The molecular weight excluding hydrogens is 572 g/mol. The summed E-state index contributed by atoms with van der Waals surface area (Å²) < 4.78 is 25.0. The van der Waals surface area contributed by atoms with Crippen LogP contribution in [-0.2, 0) is 19.4 Å². The van der Waals surface area contributed by atoms with Gasteiger partial charge in [0.25, 0.3) is 11.5 Å². The third-order valence-electron chi connectivity index (χ3n) is 6.69. The molecule has 1 aromatic heterocycles.